The van der Waals surface area contributed by atoms with E-state index in [4.69, 9.17) is 37.0 Å². The summed E-state index contributed by atoms with van der Waals surface area (Å²) in [6.45, 7) is 9.48. The summed E-state index contributed by atoms with van der Waals surface area (Å²) in [7, 11) is -9.89. The third-order valence-corrected chi connectivity index (χ3v) is 18.7. The average molecular weight is 1330 g/mol. The first-order valence-corrected chi connectivity index (χ1v) is 40.0. The number of carbonyl (C=O) groups is 4. The van der Waals surface area contributed by atoms with E-state index < -0.39 is 97.5 Å². The van der Waals surface area contributed by atoms with Gasteiger partial charge in [0.05, 0.1) is 26.4 Å². The van der Waals surface area contributed by atoms with Gasteiger partial charge in [-0.2, -0.15) is 0 Å². The minimum absolute atomic E-state index is 0.102. The van der Waals surface area contributed by atoms with Crippen molar-refractivity contribution in [3.05, 3.63) is 0 Å². The van der Waals surface area contributed by atoms with Crippen molar-refractivity contribution in [3.63, 3.8) is 0 Å². The number of hydrogen-bond acceptors (Lipinski definition) is 15. The van der Waals surface area contributed by atoms with E-state index in [9.17, 15) is 43.2 Å². The zero-order valence-corrected chi connectivity index (χ0v) is 60.2. The van der Waals surface area contributed by atoms with E-state index in [2.05, 4.69) is 41.5 Å². The third kappa shape index (κ3) is 63.5. The van der Waals surface area contributed by atoms with Gasteiger partial charge in [0.15, 0.2) is 12.2 Å². The zero-order valence-electron chi connectivity index (χ0n) is 58.4. The topological polar surface area (TPSA) is 237 Å². The standard InChI is InChI=1S/C71H138O17P2/c1-7-10-12-14-16-17-18-19-20-21-25-28-31-35-42-48-54-69(74)82-60-66(87-70(75)55-49-43-36-32-29-26-23-22-24-27-30-34-40-46-52-64(6)9-3)61-85-89(77,78)83-57-65(72)58-84-90(79,80)86-62-67(59-81-68(73)53-47-41-33-15-13-11-8-2)88-71(76)56-50-44-38-37-39-45-51-63(4)5/h63-67,72H,7-62H2,1-6H3,(H,77,78)(H,79,80)/t64?,65-,66-,67-/m1/s1. The molecule has 90 heavy (non-hydrogen) atoms. The number of phosphoric acid groups is 2. The van der Waals surface area contributed by atoms with Crippen molar-refractivity contribution in [2.24, 2.45) is 11.8 Å². The second-order valence-electron chi connectivity index (χ2n) is 26.3. The highest BCUT2D eigenvalue weighted by atomic mass is 31.2. The van der Waals surface area contributed by atoms with Crippen LogP contribution in [-0.4, -0.2) is 96.7 Å². The monoisotopic (exact) mass is 1320 g/mol. The minimum atomic E-state index is -4.95. The lowest BCUT2D eigenvalue weighted by Gasteiger charge is -2.21. The highest BCUT2D eigenvalue weighted by molar-refractivity contribution is 7.47. The molecule has 0 heterocycles. The number of aliphatic hydroxyl groups is 1. The number of hydrogen-bond donors (Lipinski definition) is 3. The molecule has 17 nitrogen and oxygen atoms in total. The van der Waals surface area contributed by atoms with Gasteiger partial charge in [-0.25, -0.2) is 9.13 Å². The predicted octanol–water partition coefficient (Wildman–Crippen LogP) is 20.4. The minimum Gasteiger partial charge on any atom is -0.462 e. The Bertz CT molecular complexity index is 1750. The molecule has 0 fully saturated rings. The van der Waals surface area contributed by atoms with Crippen molar-refractivity contribution in [2.45, 2.75) is 381 Å². The second kappa shape index (κ2) is 63.1. The van der Waals surface area contributed by atoms with Gasteiger partial charge in [0.1, 0.15) is 19.3 Å². The molecule has 0 aromatic carbocycles. The van der Waals surface area contributed by atoms with Gasteiger partial charge in [0.2, 0.25) is 0 Å². The maximum absolute atomic E-state index is 13.0. The highest BCUT2D eigenvalue weighted by Gasteiger charge is 2.30. The summed E-state index contributed by atoms with van der Waals surface area (Å²) < 4.78 is 68.2. The molecule has 0 saturated carbocycles. The molecule has 0 rings (SSSR count). The smallest absolute Gasteiger partial charge is 0.462 e. The number of phosphoric ester groups is 2. The lowest BCUT2D eigenvalue weighted by Crippen LogP contribution is -2.30. The molecule has 0 radical (unpaired) electrons. The van der Waals surface area contributed by atoms with Crippen molar-refractivity contribution in [3.8, 4) is 0 Å². The second-order valence-corrected chi connectivity index (χ2v) is 29.3. The predicted molar refractivity (Wildman–Crippen MR) is 363 cm³/mol. The molecule has 0 aliphatic rings. The molecule has 0 aromatic heterocycles. The molecule has 6 atom stereocenters. The normalized spacial score (nSPS) is 14.4. The van der Waals surface area contributed by atoms with Gasteiger partial charge >= 0.3 is 39.5 Å². The van der Waals surface area contributed by atoms with Crippen LogP contribution in [-0.2, 0) is 65.4 Å². The van der Waals surface area contributed by atoms with Crippen LogP contribution in [0.25, 0.3) is 0 Å². The van der Waals surface area contributed by atoms with E-state index in [1.165, 1.54) is 167 Å². The summed E-state index contributed by atoms with van der Waals surface area (Å²) in [5, 5.41) is 10.6. The molecule has 0 saturated heterocycles. The number of esters is 4. The first-order chi connectivity index (χ1) is 43.4. The van der Waals surface area contributed by atoms with Crippen LogP contribution in [0, 0.1) is 11.8 Å². The quantitative estimate of drug-likeness (QED) is 0.0222. The Morgan fingerprint density at radius 1 is 0.322 bits per heavy atom. The summed E-state index contributed by atoms with van der Waals surface area (Å²) in [6.07, 6.45) is 48.9. The van der Waals surface area contributed by atoms with Gasteiger partial charge in [0.25, 0.3) is 0 Å². The fourth-order valence-electron chi connectivity index (χ4n) is 10.7. The first kappa shape index (κ1) is 88.1. The van der Waals surface area contributed by atoms with Crippen molar-refractivity contribution in [1.29, 1.82) is 0 Å². The maximum Gasteiger partial charge on any atom is 0.472 e. The Morgan fingerprint density at radius 3 is 0.844 bits per heavy atom. The van der Waals surface area contributed by atoms with Crippen LogP contribution in [0.3, 0.4) is 0 Å². The molecule has 534 valence electrons. The lowest BCUT2D eigenvalue weighted by molar-refractivity contribution is -0.161. The summed E-state index contributed by atoms with van der Waals surface area (Å²) in [6, 6.07) is 0. The Hall–Kier alpha value is -1.94. The van der Waals surface area contributed by atoms with E-state index in [0.29, 0.717) is 31.6 Å². The van der Waals surface area contributed by atoms with Crippen molar-refractivity contribution in [1.82, 2.24) is 0 Å². The number of ether oxygens (including phenoxy) is 4. The molecule has 0 amide bonds. The van der Waals surface area contributed by atoms with Crippen LogP contribution in [0.5, 0.6) is 0 Å². The Kier molecular flexibility index (Phi) is 61.8. The third-order valence-electron chi connectivity index (χ3n) is 16.8. The van der Waals surface area contributed by atoms with Crippen LogP contribution in [0.4, 0.5) is 0 Å². The van der Waals surface area contributed by atoms with Gasteiger partial charge in [-0.1, -0.05) is 311 Å². The van der Waals surface area contributed by atoms with Crippen LogP contribution < -0.4 is 0 Å². The van der Waals surface area contributed by atoms with E-state index in [1.54, 1.807) is 0 Å². The Labute approximate surface area is 549 Å². The molecule has 3 unspecified atom stereocenters. The first-order valence-electron chi connectivity index (χ1n) is 37.0. The van der Waals surface area contributed by atoms with Gasteiger partial charge < -0.3 is 33.8 Å². The van der Waals surface area contributed by atoms with E-state index in [0.717, 1.165) is 109 Å². The zero-order chi connectivity index (χ0) is 66.5. The number of carbonyl (C=O) groups excluding carboxylic acids is 4. The molecule has 0 spiro atoms. The summed E-state index contributed by atoms with van der Waals surface area (Å²) in [5.41, 5.74) is 0. The van der Waals surface area contributed by atoms with E-state index in [-0.39, 0.29) is 25.7 Å². The maximum atomic E-state index is 13.0. The fraction of sp³-hybridized carbons (Fsp3) is 0.944. The molecule has 0 aromatic rings. The average Bonchev–Trinajstić information content (AvgIpc) is 3.06. The molecule has 0 aliphatic heterocycles. The summed E-state index contributed by atoms with van der Waals surface area (Å²) >= 11 is 0. The fourth-order valence-corrected chi connectivity index (χ4v) is 12.3. The largest absolute Gasteiger partial charge is 0.472 e. The van der Waals surface area contributed by atoms with Gasteiger partial charge in [-0.15, -0.1) is 0 Å². The molecular weight excluding hydrogens is 1190 g/mol. The van der Waals surface area contributed by atoms with Crippen molar-refractivity contribution in [2.75, 3.05) is 39.6 Å². The van der Waals surface area contributed by atoms with E-state index >= 15 is 0 Å². The van der Waals surface area contributed by atoms with Gasteiger partial charge in [-0.3, -0.25) is 37.3 Å². The van der Waals surface area contributed by atoms with Crippen LogP contribution in [0.2, 0.25) is 0 Å². The number of aliphatic hydroxyl groups excluding tert-OH is 1. The number of unbranched alkanes of at least 4 members (excludes halogenated alkanes) is 39. The summed E-state index contributed by atoms with van der Waals surface area (Å²) in [5.74, 6) is -0.616. The molecule has 19 heteroatoms. The van der Waals surface area contributed by atoms with Crippen LogP contribution in [0.1, 0.15) is 363 Å². The lowest BCUT2D eigenvalue weighted by atomic mass is 9.99. The Balaban J connectivity index is 5.18. The van der Waals surface area contributed by atoms with Gasteiger partial charge in [-0.05, 0) is 37.5 Å². The van der Waals surface area contributed by atoms with Crippen LogP contribution in [0.15, 0.2) is 0 Å². The van der Waals surface area contributed by atoms with Crippen LogP contribution >= 0.6 is 15.6 Å². The van der Waals surface area contributed by atoms with Crippen molar-refractivity contribution >= 4 is 39.5 Å². The van der Waals surface area contributed by atoms with Gasteiger partial charge in [0, 0.05) is 25.7 Å². The molecular formula is C71H138O17P2. The SMILES string of the molecule is CCCCCCCCCCCCCCCCCCC(=O)OC[C@H](COP(=O)(O)OC[C@@H](O)COP(=O)(O)OC[C@@H](COC(=O)CCCCCCCCC)OC(=O)CCCCCCCCC(C)C)OC(=O)CCCCCCCCCCCCCCCCC(C)CC. The molecule has 0 aliphatic carbocycles. The molecule has 3 N–H and O–H groups in total. The summed E-state index contributed by atoms with van der Waals surface area (Å²) in [4.78, 5) is 72.4. The Morgan fingerprint density at radius 2 is 0.567 bits per heavy atom. The molecule has 0 bridgehead atoms. The highest BCUT2D eigenvalue weighted by Crippen LogP contribution is 2.45. The van der Waals surface area contributed by atoms with Crippen molar-refractivity contribution < 1.29 is 80.2 Å². The van der Waals surface area contributed by atoms with E-state index in [1.807, 2.05) is 0 Å². The number of rotatable bonds is 70.